The zero-order chi connectivity index (χ0) is 8.81. The number of carbonyl (C=O) groups is 1. The van der Waals surface area contributed by atoms with Gasteiger partial charge in [0.25, 0.3) is 0 Å². The van der Waals surface area contributed by atoms with Crippen molar-refractivity contribution in [1.82, 2.24) is 5.43 Å². The van der Waals surface area contributed by atoms with Gasteiger partial charge in [-0.05, 0) is 18.8 Å². The zero-order valence-corrected chi connectivity index (χ0v) is 7.51. The molecular weight excluding hydrogens is 152 g/mol. The smallest absolute Gasteiger partial charge is 0.233 e. The number of hydrogen-bond donors (Lipinski definition) is 2. The maximum atomic E-state index is 10.7. The fourth-order valence-corrected chi connectivity index (χ4v) is 1.92. The minimum Gasteiger partial charge on any atom is -0.294 e. The summed E-state index contributed by atoms with van der Waals surface area (Å²) in [6.07, 6.45) is 8.28. The summed E-state index contributed by atoms with van der Waals surface area (Å²) in [6.45, 7) is 0. The van der Waals surface area contributed by atoms with E-state index in [1.54, 1.807) is 0 Å². The van der Waals surface area contributed by atoms with E-state index in [9.17, 15) is 4.79 Å². The molecule has 12 heavy (non-hydrogen) atoms. The van der Waals surface area contributed by atoms with Gasteiger partial charge in [-0.1, -0.05) is 25.7 Å². The molecule has 0 spiro atoms. The van der Waals surface area contributed by atoms with Gasteiger partial charge in [-0.15, -0.1) is 0 Å². The lowest BCUT2D eigenvalue weighted by Crippen LogP contribution is -2.29. The van der Waals surface area contributed by atoms with Crippen molar-refractivity contribution in [2.24, 2.45) is 11.8 Å². The molecule has 0 radical (unpaired) electrons. The lowest BCUT2D eigenvalue weighted by molar-refractivity contribution is -0.121. The Morgan fingerprint density at radius 3 is 2.67 bits per heavy atom. The molecule has 1 amide bonds. The van der Waals surface area contributed by atoms with Crippen LogP contribution >= 0.6 is 0 Å². The fraction of sp³-hybridized carbons (Fsp3) is 0.889. The third-order valence-electron chi connectivity index (χ3n) is 2.65. The van der Waals surface area contributed by atoms with Gasteiger partial charge in [-0.25, -0.2) is 5.84 Å². The second kappa shape index (κ2) is 5.14. The van der Waals surface area contributed by atoms with Crippen LogP contribution in [0.4, 0.5) is 0 Å². The van der Waals surface area contributed by atoms with E-state index in [4.69, 9.17) is 5.84 Å². The maximum Gasteiger partial charge on any atom is 0.233 e. The van der Waals surface area contributed by atoms with Crippen LogP contribution in [0.5, 0.6) is 0 Å². The van der Waals surface area contributed by atoms with Gasteiger partial charge in [-0.2, -0.15) is 0 Å². The average Bonchev–Trinajstić information content (AvgIpc) is 2.57. The summed E-state index contributed by atoms with van der Waals surface area (Å²) in [7, 11) is 0. The molecule has 3 heteroatoms. The van der Waals surface area contributed by atoms with Crippen LogP contribution < -0.4 is 11.3 Å². The summed E-state index contributed by atoms with van der Waals surface area (Å²) in [5.41, 5.74) is 2.15. The quantitative estimate of drug-likeness (QED) is 0.380. The Bertz CT molecular complexity index is 141. The molecular formula is C9H18N2O. The van der Waals surface area contributed by atoms with Gasteiger partial charge < -0.3 is 0 Å². The summed E-state index contributed by atoms with van der Waals surface area (Å²) >= 11 is 0. The average molecular weight is 170 g/mol. The van der Waals surface area contributed by atoms with Gasteiger partial charge in [0, 0.05) is 6.42 Å². The normalized spacial score (nSPS) is 18.1. The first-order valence-electron chi connectivity index (χ1n) is 4.82. The fourth-order valence-electron chi connectivity index (χ4n) is 1.92. The molecule has 1 saturated carbocycles. The van der Waals surface area contributed by atoms with Crippen LogP contribution in [0.2, 0.25) is 0 Å². The maximum absolute atomic E-state index is 10.7. The number of nitrogens with one attached hydrogen (secondary N) is 1. The molecule has 70 valence electrons. The molecule has 0 aromatic carbocycles. The molecule has 1 aliphatic carbocycles. The number of hydrogen-bond acceptors (Lipinski definition) is 2. The molecule has 0 saturated heterocycles. The molecule has 0 aliphatic heterocycles. The lowest BCUT2D eigenvalue weighted by Gasteiger charge is -2.06. The third kappa shape index (κ3) is 3.22. The molecule has 1 rings (SSSR count). The highest BCUT2D eigenvalue weighted by atomic mass is 16.2. The van der Waals surface area contributed by atoms with Crippen LogP contribution in [0, 0.1) is 5.92 Å². The van der Waals surface area contributed by atoms with Gasteiger partial charge >= 0.3 is 0 Å². The van der Waals surface area contributed by atoms with Gasteiger partial charge in [0.1, 0.15) is 0 Å². The molecule has 0 bridgehead atoms. The van der Waals surface area contributed by atoms with Crippen molar-refractivity contribution in [3.8, 4) is 0 Å². The largest absolute Gasteiger partial charge is 0.294 e. The SMILES string of the molecule is NNC(=O)CCCC1CCCC1. The minimum atomic E-state index is -0.0343. The van der Waals surface area contributed by atoms with E-state index in [1.807, 2.05) is 0 Å². The van der Waals surface area contributed by atoms with Crippen molar-refractivity contribution in [3.63, 3.8) is 0 Å². The molecule has 0 heterocycles. The molecule has 0 aromatic rings. The first-order valence-corrected chi connectivity index (χ1v) is 4.82. The molecule has 0 unspecified atom stereocenters. The summed E-state index contributed by atoms with van der Waals surface area (Å²) in [5.74, 6) is 5.82. The van der Waals surface area contributed by atoms with Gasteiger partial charge in [0.15, 0.2) is 0 Å². The number of carbonyl (C=O) groups excluding carboxylic acids is 1. The van der Waals surface area contributed by atoms with Crippen molar-refractivity contribution < 1.29 is 4.79 Å². The van der Waals surface area contributed by atoms with E-state index >= 15 is 0 Å². The van der Waals surface area contributed by atoms with Crippen molar-refractivity contribution in [2.45, 2.75) is 44.9 Å². The Morgan fingerprint density at radius 1 is 1.42 bits per heavy atom. The van der Waals surface area contributed by atoms with Crippen molar-refractivity contribution >= 4 is 5.91 Å². The van der Waals surface area contributed by atoms with Crippen molar-refractivity contribution in [3.05, 3.63) is 0 Å². The Morgan fingerprint density at radius 2 is 2.08 bits per heavy atom. The van der Waals surface area contributed by atoms with E-state index in [0.717, 1.165) is 12.3 Å². The lowest BCUT2D eigenvalue weighted by atomic mass is 10.0. The minimum absolute atomic E-state index is 0.0343. The highest BCUT2D eigenvalue weighted by Crippen LogP contribution is 2.28. The molecule has 1 aliphatic rings. The molecule has 1 fully saturated rings. The Balaban J connectivity index is 1.97. The van der Waals surface area contributed by atoms with E-state index < -0.39 is 0 Å². The predicted molar refractivity (Wildman–Crippen MR) is 48.1 cm³/mol. The van der Waals surface area contributed by atoms with Crippen LogP contribution in [0.1, 0.15) is 44.9 Å². The standard InChI is InChI=1S/C9H18N2O/c10-11-9(12)7-3-6-8-4-1-2-5-8/h8H,1-7,10H2,(H,11,12). The number of hydrazine groups is 1. The first-order chi connectivity index (χ1) is 5.83. The number of amides is 1. The highest BCUT2D eigenvalue weighted by molar-refractivity contribution is 5.75. The van der Waals surface area contributed by atoms with E-state index in [1.165, 1.54) is 32.1 Å². The zero-order valence-electron chi connectivity index (χ0n) is 7.51. The molecule has 0 atom stereocenters. The Labute approximate surface area is 73.7 Å². The topological polar surface area (TPSA) is 55.1 Å². The van der Waals surface area contributed by atoms with E-state index in [2.05, 4.69) is 5.43 Å². The third-order valence-corrected chi connectivity index (χ3v) is 2.65. The number of nitrogens with two attached hydrogens (primary N) is 1. The van der Waals surface area contributed by atoms with Crippen LogP contribution in [0.15, 0.2) is 0 Å². The second-order valence-corrected chi connectivity index (χ2v) is 3.61. The second-order valence-electron chi connectivity index (χ2n) is 3.61. The molecule has 3 nitrogen and oxygen atoms in total. The Kier molecular flexibility index (Phi) is 4.08. The number of rotatable bonds is 4. The highest BCUT2D eigenvalue weighted by Gasteiger charge is 2.14. The predicted octanol–water partition coefficient (Wildman–Crippen LogP) is 1.34. The van der Waals surface area contributed by atoms with Crippen LogP contribution in [-0.4, -0.2) is 5.91 Å². The summed E-state index contributed by atoms with van der Waals surface area (Å²) in [5, 5.41) is 0. The summed E-state index contributed by atoms with van der Waals surface area (Å²) < 4.78 is 0. The molecule has 0 aromatic heterocycles. The van der Waals surface area contributed by atoms with E-state index in [-0.39, 0.29) is 5.91 Å². The van der Waals surface area contributed by atoms with Crippen LogP contribution in [0.3, 0.4) is 0 Å². The monoisotopic (exact) mass is 170 g/mol. The molecule has 3 N–H and O–H groups in total. The summed E-state index contributed by atoms with van der Waals surface area (Å²) in [6, 6.07) is 0. The van der Waals surface area contributed by atoms with Gasteiger partial charge in [0.05, 0.1) is 0 Å². The van der Waals surface area contributed by atoms with Gasteiger partial charge in [0.2, 0.25) is 5.91 Å². The van der Waals surface area contributed by atoms with Crippen molar-refractivity contribution in [1.29, 1.82) is 0 Å². The first kappa shape index (κ1) is 9.52. The van der Waals surface area contributed by atoms with E-state index in [0.29, 0.717) is 6.42 Å². The summed E-state index contributed by atoms with van der Waals surface area (Å²) in [4.78, 5) is 10.7. The van der Waals surface area contributed by atoms with Gasteiger partial charge in [-0.3, -0.25) is 10.2 Å². The van der Waals surface area contributed by atoms with Crippen LogP contribution in [0.25, 0.3) is 0 Å². The van der Waals surface area contributed by atoms with Crippen LogP contribution in [-0.2, 0) is 4.79 Å². The van der Waals surface area contributed by atoms with Crippen molar-refractivity contribution in [2.75, 3.05) is 0 Å². The Hall–Kier alpha value is -0.570.